The van der Waals surface area contributed by atoms with Gasteiger partial charge in [0.05, 0.1) is 0 Å². The first kappa shape index (κ1) is 16.7. The Labute approximate surface area is 134 Å². The van der Waals surface area contributed by atoms with Crippen LogP contribution < -0.4 is 10.5 Å². The summed E-state index contributed by atoms with van der Waals surface area (Å²) in [6, 6.07) is 8.88. The van der Waals surface area contributed by atoms with Gasteiger partial charge in [-0.05, 0) is 44.0 Å². The van der Waals surface area contributed by atoms with Crippen LogP contribution in [0.3, 0.4) is 0 Å². The van der Waals surface area contributed by atoms with Crippen LogP contribution in [0.25, 0.3) is 0 Å². The molecule has 22 heavy (non-hydrogen) atoms. The van der Waals surface area contributed by atoms with Crippen molar-refractivity contribution >= 4 is 27.3 Å². The second-order valence-electron chi connectivity index (χ2n) is 5.09. The van der Waals surface area contributed by atoms with E-state index in [-0.39, 0.29) is 10.1 Å². The second-order valence-corrected chi connectivity index (χ2v) is 8.05. The minimum Gasteiger partial charge on any atom is -0.352 e. The van der Waals surface area contributed by atoms with Crippen LogP contribution in [0, 0.1) is 13.8 Å². The van der Waals surface area contributed by atoms with Crippen LogP contribution in [0.15, 0.2) is 34.5 Å². The maximum Gasteiger partial charge on any atom is 0.251 e. The molecular formula is C15H18N2O3S2. The van der Waals surface area contributed by atoms with Gasteiger partial charge in [-0.1, -0.05) is 17.7 Å². The van der Waals surface area contributed by atoms with Crippen molar-refractivity contribution in [3.8, 4) is 0 Å². The summed E-state index contributed by atoms with van der Waals surface area (Å²) >= 11 is 1.13. The normalized spacial score (nSPS) is 11.4. The van der Waals surface area contributed by atoms with E-state index in [2.05, 4.69) is 5.32 Å². The largest absolute Gasteiger partial charge is 0.352 e. The van der Waals surface area contributed by atoms with Crippen molar-refractivity contribution in [1.29, 1.82) is 0 Å². The van der Waals surface area contributed by atoms with E-state index in [4.69, 9.17) is 5.14 Å². The Morgan fingerprint density at radius 1 is 1.23 bits per heavy atom. The number of amides is 1. The molecule has 0 aliphatic rings. The third kappa shape index (κ3) is 4.16. The molecule has 1 heterocycles. The fraction of sp³-hybridized carbons (Fsp3) is 0.267. The summed E-state index contributed by atoms with van der Waals surface area (Å²) in [4.78, 5) is 13.0. The number of primary sulfonamides is 1. The molecule has 2 aromatic rings. The molecule has 0 saturated carbocycles. The van der Waals surface area contributed by atoms with E-state index < -0.39 is 10.0 Å². The maximum absolute atomic E-state index is 12.1. The molecule has 0 atom stereocenters. The predicted molar refractivity (Wildman–Crippen MR) is 87.6 cm³/mol. The lowest BCUT2D eigenvalue weighted by atomic mass is 10.1. The first-order valence-electron chi connectivity index (χ1n) is 6.74. The van der Waals surface area contributed by atoms with Crippen LogP contribution >= 0.6 is 11.3 Å². The summed E-state index contributed by atoms with van der Waals surface area (Å²) < 4.78 is 22.5. The maximum atomic E-state index is 12.1. The molecule has 0 saturated heterocycles. The van der Waals surface area contributed by atoms with Crippen molar-refractivity contribution in [2.75, 3.05) is 6.54 Å². The first-order valence-corrected chi connectivity index (χ1v) is 9.10. The topological polar surface area (TPSA) is 89.3 Å². The smallest absolute Gasteiger partial charge is 0.251 e. The molecule has 1 amide bonds. The molecule has 0 fully saturated rings. The molecule has 1 aromatic heterocycles. The van der Waals surface area contributed by atoms with Crippen LogP contribution in [0.4, 0.5) is 0 Å². The Morgan fingerprint density at radius 2 is 1.95 bits per heavy atom. The number of rotatable bonds is 5. The molecule has 0 spiro atoms. The van der Waals surface area contributed by atoms with E-state index in [1.165, 1.54) is 6.07 Å². The highest BCUT2D eigenvalue weighted by molar-refractivity contribution is 7.91. The fourth-order valence-electron chi connectivity index (χ4n) is 2.11. The molecule has 0 aliphatic carbocycles. The lowest BCUT2D eigenvalue weighted by Crippen LogP contribution is -2.26. The summed E-state index contributed by atoms with van der Waals surface area (Å²) in [5, 5.41) is 7.91. The number of benzene rings is 1. The van der Waals surface area contributed by atoms with Gasteiger partial charge in [-0.25, -0.2) is 13.6 Å². The first-order chi connectivity index (χ1) is 10.3. The number of nitrogens with two attached hydrogens (primary N) is 1. The number of nitrogens with one attached hydrogen (secondary N) is 1. The Bertz CT molecular complexity index is 795. The zero-order chi connectivity index (χ0) is 16.3. The van der Waals surface area contributed by atoms with E-state index in [0.717, 1.165) is 27.3 Å². The molecule has 0 unspecified atom stereocenters. The molecule has 118 valence electrons. The van der Waals surface area contributed by atoms with Gasteiger partial charge in [0.1, 0.15) is 4.21 Å². The molecule has 0 bridgehead atoms. The number of carbonyl (C=O) groups is 1. The highest BCUT2D eigenvalue weighted by Crippen LogP contribution is 2.20. The van der Waals surface area contributed by atoms with Gasteiger partial charge in [0.2, 0.25) is 10.0 Å². The quantitative estimate of drug-likeness (QED) is 0.873. The van der Waals surface area contributed by atoms with Gasteiger partial charge in [0.15, 0.2) is 0 Å². The average molecular weight is 338 g/mol. The number of hydrogen-bond donors (Lipinski definition) is 2. The highest BCUT2D eigenvalue weighted by Gasteiger charge is 2.12. The fourth-order valence-corrected chi connectivity index (χ4v) is 3.89. The Balaban J connectivity index is 1.93. The van der Waals surface area contributed by atoms with E-state index in [1.807, 2.05) is 32.0 Å². The van der Waals surface area contributed by atoms with Gasteiger partial charge < -0.3 is 5.32 Å². The zero-order valence-electron chi connectivity index (χ0n) is 12.4. The molecule has 3 N–H and O–H groups in total. The predicted octanol–water partition coefficient (Wildman–Crippen LogP) is 1.98. The Kier molecular flexibility index (Phi) is 5.00. The number of aryl methyl sites for hydroxylation is 2. The Hall–Kier alpha value is -1.70. The summed E-state index contributed by atoms with van der Waals surface area (Å²) in [5.41, 5.74) is 2.70. The molecule has 0 aliphatic heterocycles. The van der Waals surface area contributed by atoms with Crippen molar-refractivity contribution in [2.45, 2.75) is 24.5 Å². The standard InChI is InChI=1S/C15H18N2O3S2/c1-10-3-5-13(11(2)9-10)15(18)17-8-7-12-4-6-14(21-12)22(16,19)20/h3-6,9H,7-8H2,1-2H3,(H,17,18)(H2,16,19,20). The molecule has 0 radical (unpaired) electrons. The number of thiophene rings is 1. The van der Waals surface area contributed by atoms with Crippen molar-refractivity contribution in [2.24, 2.45) is 5.14 Å². The number of hydrogen-bond acceptors (Lipinski definition) is 4. The van der Waals surface area contributed by atoms with Gasteiger partial charge in [-0.2, -0.15) is 0 Å². The molecule has 2 rings (SSSR count). The lowest BCUT2D eigenvalue weighted by molar-refractivity contribution is 0.0953. The minimum absolute atomic E-state index is 0.124. The number of sulfonamides is 1. The van der Waals surface area contributed by atoms with Crippen LogP contribution in [0.5, 0.6) is 0 Å². The van der Waals surface area contributed by atoms with E-state index in [9.17, 15) is 13.2 Å². The monoisotopic (exact) mass is 338 g/mol. The average Bonchev–Trinajstić information content (AvgIpc) is 2.87. The van der Waals surface area contributed by atoms with Gasteiger partial charge >= 0.3 is 0 Å². The zero-order valence-corrected chi connectivity index (χ0v) is 14.1. The van der Waals surface area contributed by atoms with Gasteiger partial charge in [0, 0.05) is 17.0 Å². The van der Waals surface area contributed by atoms with Crippen molar-refractivity contribution in [3.63, 3.8) is 0 Å². The molecule has 7 heteroatoms. The summed E-state index contributed by atoms with van der Waals surface area (Å²) in [6.45, 7) is 4.32. The third-order valence-electron chi connectivity index (χ3n) is 3.20. The molecule has 1 aromatic carbocycles. The van der Waals surface area contributed by atoms with Crippen LogP contribution in [0.2, 0.25) is 0 Å². The SMILES string of the molecule is Cc1ccc(C(=O)NCCc2ccc(S(N)(=O)=O)s2)c(C)c1. The van der Waals surface area contributed by atoms with Crippen molar-refractivity contribution < 1.29 is 13.2 Å². The van der Waals surface area contributed by atoms with Crippen LogP contribution in [-0.4, -0.2) is 20.9 Å². The number of carbonyl (C=O) groups excluding carboxylic acids is 1. The second kappa shape index (κ2) is 6.60. The van der Waals surface area contributed by atoms with Crippen molar-refractivity contribution in [3.05, 3.63) is 51.9 Å². The molecule has 5 nitrogen and oxygen atoms in total. The summed E-state index contributed by atoms with van der Waals surface area (Å²) in [6.07, 6.45) is 0.566. The van der Waals surface area contributed by atoms with E-state index >= 15 is 0 Å². The van der Waals surface area contributed by atoms with E-state index in [0.29, 0.717) is 18.5 Å². The van der Waals surface area contributed by atoms with Crippen LogP contribution in [0.1, 0.15) is 26.4 Å². The van der Waals surface area contributed by atoms with Gasteiger partial charge in [-0.3, -0.25) is 4.79 Å². The molecular weight excluding hydrogens is 320 g/mol. The Morgan fingerprint density at radius 3 is 2.55 bits per heavy atom. The highest BCUT2D eigenvalue weighted by atomic mass is 32.2. The van der Waals surface area contributed by atoms with Crippen molar-refractivity contribution in [1.82, 2.24) is 5.32 Å². The van der Waals surface area contributed by atoms with E-state index in [1.54, 1.807) is 6.07 Å². The summed E-state index contributed by atoms with van der Waals surface area (Å²) in [5.74, 6) is -0.124. The van der Waals surface area contributed by atoms with Gasteiger partial charge in [0.25, 0.3) is 5.91 Å². The summed E-state index contributed by atoms with van der Waals surface area (Å²) in [7, 11) is -3.64. The third-order valence-corrected chi connectivity index (χ3v) is 5.78. The van der Waals surface area contributed by atoms with Gasteiger partial charge in [-0.15, -0.1) is 11.3 Å². The minimum atomic E-state index is -3.64. The lowest BCUT2D eigenvalue weighted by Gasteiger charge is -2.07. The van der Waals surface area contributed by atoms with Crippen LogP contribution in [-0.2, 0) is 16.4 Å².